The summed E-state index contributed by atoms with van der Waals surface area (Å²) in [7, 11) is 0. The van der Waals surface area contributed by atoms with Crippen molar-refractivity contribution in [2.45, 2.75) is 30.7 Å². The number of nitrogens with one attached hydrogen (secondary N) is 1. The molecule has 0 aromatic heterocycles. The van der Waals surface area contributed by atoms with Gasteiger partial charge in [0, 0.05) is 23.1 Å². The lowest BCUT2D eigenvalue weighted by Gasteiger charge is -2.15. The summed E-state index contributed by atoms with van der Waals surface area (Å²) in [6, 6.07) is 7.13. The van der Waals surface area contributed by atoms with Gasteiger partial charge in [-0.1, -0.05) is 13.0 Å². The van der Waals surface area contributed by atoms with E-state index in [0.29, 0.717) is 12.0 Å². The molecule has 0 aliphatic heterocycles. The Kier molecular flexibility index (Phi) is 5.35. The summed E-state index contributed by atoms with van der Waals surface area (Å²) in [6.45, 7) is 2.07. The largest absolute Gasteiger partial charge is 0.396 e. The molecule has 0 saturated heterocycles. The van der Waals surface area contributed by atoms with Crippen LogP contribution >= 0.6 is 12.6 Å². The molecular weight excluding hydrogens is 222 g/mol. The van der Waals surface area contributed by atoms with Crippen molar-refractivity contribution in [3.63, 3.8) is 0 Å². The Morgan fingerprint density at radius 3 is 2.88 bits per heavy atom. The number of thiol groups is 1. The standard InChI is InChI=1S/C12H17NO2S/c1-2-10(6-7-14)13-12(15)9-4-3-5-11(16)8-9/h3-5,8,10,14,16H,2,6-7H2,1H3,(H,13,15). The van der Waals surface area contributed by atoms with Gasteiger partial charge in [0.2, 0.25) is 0 Å². The third-order valence-corrected chi connectivity index (χ3v) is 2.69. The van der Waals surface area contributed by atoms with Crippen molar-refractivity contribution in [1.29, 1.82) is 0 Å². The molecule has 2 N–H and O–H groups in total. The fourth-order valence-corrected chi connectivity index (χ4v) is 1.68. The summed E-state index contributed by atoms with van der Waals surface area (Å²) in [4.78, 5) is 12.6. The Labute approximate surface area is 101 Å². The minimum absolute atomic E-state index is 0.0288. The molecule has 1 aromatic rings. The van der Waals surface area contributed by atoms with Gasteiger partial charge < -0.3 is 10.4 Å². The van der Waals surface area contributed by atoms with Crippen LogP contribution in [0.15, 0.2) is 29.2 Å². The van der Waals surface area contributed by atoms with Crippen LogP contribution in [0.25, 0.3) is 0 Å². The molecule has 1 aromatic carbocycles. The maximum Gasteiger partial charge on any atom is 0.251 e. The van der Waals surface area contributed by atoms with Gasteiger partial charge in [-0.15, -0.1) is 12.6 Å². The SMILES string of the molecule is CCC(CCO)NC(=O)c1cccc(S)c1. The number of rotatable bonds is 5. The molecule has 1 unspecified atom stereocenters. The van der Waals surface area contributed by atoms with Gasteiger partial charge in [0.15, 0.2) is 0 Å². The molecule has 0 bridgehead atoms. The number of carbonyl (C=O) groups excluding carboxylic acids is 1. The fourth-order valence-electron chi connectivity index (χ4n) is 1.45. The van der Waals surface area contributed by atoms with Gasteiger partial charge in [0.05, 0.1) is 0 Å². The molecule has 0 heterocycles. The summed E-state index contributed by atoms with van der Waals surface area (Å²) in [5.41, 5.74) is 0.601. The highest BCUT2D eigenvalue weighted by molar-refractivity contribution is 7.80. The van der Waals surface area contributed by atoms with Gasteiger partial charge >= 0.3 is 0 Å². The molecule has 4 heteroatoms. The molecule has 16 heavy (non-hydrogen) atoms. The lowest BCUT2D eigenvalue weighted by Crippen LogP contribution is -2.35. The molecule has 0 saturated carbocycles. The number of hydrogen-bond donors (Lipinski definition) is 3. The second kappa shape index (κ2) is 6.55. The lowest BCUT2D eigenvalue weighted by atomic mass is 10.1. The van der Waals surface area contributed by atoms with E-state index in [9.17, 15) is 4.79 Å². The van der Waals surface area contributed by atoms with Gasteiger partial charge in [-0.25, -0.2) is 0 Å². The molecular formula is C12H17NO2S. The second-order valence-corrected chi connectivity index (χ2v) is 4.16. The van der Waals surface area contributed by atoms with Gasteiger partial charge in [-0.2, -0.15) is 0 Å². The molecule has 0 aliphatic carbocycles. The van der Waals surface area contributed by atoms with Crippen molar-refractivity contribution < 1.29 is 9.90 Å². The van der Waals surface area contributed by atoms with Crippen molar-refractivity contribution in [2.75, 3.05) is 6.61 Å². The predicted octanol–water partition coefficient (Wildman–Crippen LogP) is 1.87. The Bertz CT molecular complexity index is 355. The van der Waals surface area contributed by atoms with E-state index in [2.05, 4.69) is 17.9 Å². The van der Waals surface area contributed by atoms with Crippen LogP contribution in [0.4, 0.5) is 0 Å². The number of aliphatic hydroxyl groups is 1. The zero-order valence-electron chi connectivity index (χ0n) is 9.31. The molecule has 88 valence electrons. The van der Waals surface area contributed by atoms with Gasteiger partial charge in [-0.3, -0.25) is 4.79 Å². The Balaban J connectivity index is 2.64. The highest BCUT2D eigenvalue weighted by Crippen LogP contribution is 2.09. The molecule has 0 radical (unpaired) electrons. The minimum Gasteiger partial charge on any atom is -0.396 e. The van der Waals surface area contributed by atoms with Crippen LogP contribution in [0.2, 0.25) is 0 Å². The predicted molar refractivity (Wildman–Crippen MR) is 66.9 cm³/mol. The summed E-state index contributed by atoms with van der Waals surface area (Å²) < 4.78 is 0. The van der Waals surface area contributed by atoms with Crippen LogP contribution in [-0.4, -0.2) is 23.7 Å². The van der Waals surface area contributed by atoms with Crippen LogP contribution in [0.5, 0.6) is 0 Å². The first kappa shape index (κ1) is 13.1. The van der Waals surface area contributed by atoms with Gasteiger partial charge in [-0.05, 0) is 31.0 Å². The van der Waals surface area contributed by atoms with E-state index in [1.807, 2.05) is 13.0 Å². The van der Waals surface area contributed by atoms with E-state index < -0.39 is 0 Å². The molecule has 0 aliphatic rings. The van der Waals surface area contributed by atoms with Crippen molar-refractivity contribution in [2.24, 2.45) is 0 Å². The summed E-state index contributed by atoms with van der Waals surface area (Å²) in [6.07, 6.45) is 1.40. The van der Waals surface area contributed by atoms with Gasteiger partial charge in [0.1, 0.15) is 0 Å². The van der Waals surface area contributed by atoms with Crippen molar-refractivity contribution in [1.82, 2.24) is 5.32 Å². The third-order valence-electron chi connectivity index (χ3n) is 2.41. The monoisotopic (exact) mass is 239 g/mol. The zero-order valence-corrected chi connectivity index (χ0v) is 10.2. The molecule has 3 nitrogen and oxygen atoms in total. The van der Waals surface area contributed by atoms with Crippen LogP contribution in [0.3, 0.4) is 0 Å². The highest BCUT2D eigenvalue weighted by Gasteiger charge is 2.11. The molecule has 1 atom stereocenters. The Morgan fingerprint density at radius 2 is 2.31 bits per heavy atom. The first-order valence-electron chi connectivity index (χ1n) is 5.38. The fraction of sp³-hybridized carbons (Fsp3) is 0.417. The third kappa shape index (κ3) is 3.87. The zero-order chi connectivity index (χ0) is 12.0. The summed E-state index contributed by atoms with van der Waals surface area (Å²) in [5.74, 6) is -0.115. The van der Waals surface area contributed by atoms with E-state index in [0.717, 1.165) is 11.3 Å². The second-order valence-electron chi connectivity index (χ2n) is 3.64. The van der Waals surface area contributed by atoms with E-state index in [1.54, 1.807) is 18.2 Å². The first-order valence-corrected chi connectivity index (χ1v) is 5.82. The molecule has 1 rings (SSSR count). The van der Waals surface area contributed by atoms with Crippen LogP contribution in [-0.2, 0) is 0 Å². The van der Waals surface area contributed by atoms with Crippen LogP contribution in [0, 0.1) is 0 Å². The summed E-state index contributed by atoms with van der Waals surface area (Å²) in [5, 5.41) is 11.7. The Hall–Kier alpha value is -1.00. The minimum atomic E-state index is -0.115. The number of hydrogen-bond acceptors (Lipinski definition) is 3. The average Bonchev–Trinajstić information content (AvgIpc) is 2.28. The maximum atomic E-state index is 11.8. The molecule has 0 fully saturated rings. The average molecular weight is 239 g/mol. The number of benzene rings is 1. The van der Waals surface area contributed by atoms with Crippen molar-refractivity contribution in [3.8, 4) is 0 Å². The topological polar surface area (TPSA) is 49.3 Å². The Morgan fingerprint density at radius 1 is 1.56 bits per heavy atom. The molecule has 0 spiro atoms. The smallest absolute Gasteiger partial charge is 0.251 e. The highest BCUT2D eigenvalue weighted by atomic mass is 32.1. The van der Waals surface area contributed by atoms with E-state index >= 15 is 0 Å². The number of aliphatic hydroxyl groups excluding tert-OH is 1. The normalized spacial score (nSPS) is 12.2. The van der Waals surface area contributed by atoms with Crippen LogP contribution < -0.4 is 5.32 Å². The van der Waals surface area contributed by atoms with E-state index in [-0.39, 0.29) is 18.6 Å². The van der Waals surface area contributed by atoms with Crippen molar-refractivity contribution >= 4 is 18.5 Å². The summed E-state index contributed by atoms with van der Waals surface area (Å²) >= 11 is 4.18. The van der Waals surface area contributed by atoms with Gasteiger partial charge in [0.25, 0.3) is 5.91 Å². The van der Waals surface area contributed by atoms with E-state index in [4.69, 9.17) is 5.11 Å². The maximum absolute atomic E-state index is 11.8. The van der Waals surface area contributed by atoms with Crippen molar-refractivity contribution in [3.05, 3.63) is 29.8 Å². The quantitative estimate of drug-likeness (QED) is 0.687. The first-order chi connectivity index (χ1) is 7.67. The number of carbonyl (C=O) groups is 1. The lowest BCUT2D eigenvalue weighted by molar-refractivity contribution is 0.0929. The molecule has 1 amide bonds. The number of amides is 1. The van der Waals surface area contributed by atoms with E-state index in [1.165, 1.54) is 0 Å². The van der Waals surface area contributed by atoms with Crippen LogP contribution in [0.1, 0.15) is 30.1 Å².